The lowest BCUT2D eigenvalue weighted by atomic mass is 10.0. The highest BCUT2D eigenvalue weighted by Crippen LogP contribution is 2.21. The minimum atomic E-state index is -0.845. The van der Waals surface area contributed by atoms with Crippen molar-refractivity contribution in [1.29, 1.82) is 0 Å². The number of aliphatic hydroxyl groups is 1. The molecule has 1 aliphatic heterocycles. The number of aliphatic hydroxyl groups excluding tert-OH is 1. The highest BCUT2D eigenvalue weighted by Gasteiger charge is 2.15. The summed E-state index contributed by atoms with van der Waals surface area (Å²) >= 11 is 0. The van der Waals surface area contributed by atoms with Crippen molar-refractivity contribution in [3.63, 3.8) is 0 Å². The number of halogens is 1. The van der Waals surface area contributed by atoms with E-state index >= 15 is 0 Å². The minimum absolute atomic E-state index is 0.323. The molecule has 1 aromatic heterocycles. The van der Waals surface area contributed by atoms with Gasteiger partial charge in [-0.05, 0) is 17.7 Å². The van der Waals surface area contributed by atoms with Gasteiger partial charge in [-0.25, -0.2) is 14.4 Å². The summed E-state index contributed by atoms with van der Waals surface area (Å²) in [5.74, 6) is 0.350. The Morgan fingerprint density at radius 2 is 1.67 bits per heavy atom. The number of anilines is 1. The lowest BCUT2D eigenvalue weighted by Crippen LogP contribution is -2.44. The molecule has 0 spiro atoms. The highest BCUT2D eigenvalue weighted by molar-refractivity contribution is 5.33. The van der Waals surface area contributed by atoms with E-state index < -0.39 is 6.10 Å². The Morgan fingerprint density at radius 1 is 1.05 bits per heavy atom. The Balaban J connectivity index is 1.75. The number of benzene rings is 1. The predicted octanol–water partition coefficient (Wildman–Crippen LogP) is 1.11. The summed E-state index contributed by atoms with van der Waals surface area (Å²) in [6.07, 6.45) is 2.40. The van der Waals surface area contributed by atoms with E-state index in [1.54, 1.807) is 24.5 Å². The van der Waals surface area contributed by atoms with E-state index in [2.05, 4.69) is 20.2 Å². The maximum atomic E-state index is 12.9. The van der Waals surface area contributed by atoms with Gasteiger partial charge in [-0.1, -0.05) is 12.1 Å². The van der Waals surface area contributed by atoms with Gasteiger partial charge >= 0.3 is 0 Å². The second-order valence-electron chi connectivity index (χ2n) is 5.01. The first kappa shape index (κ1) is 13.9. The molecule has 1 unspecified atom stereocenters. The van der Waals surface area contributed by atoms with E-state index in [9.17, 15) is 9.50 Å². The number of nitrogens with zero attached hydrogens (tertiary/aromatic N) is 3. The molecule has 21 heavy (non-hydrogen) atoms. The molecule has 1 saturated heterocycles. The summed E-state index contributed by atoms with van der Waals surface area (Å²) in [5.41, 5.74) is 1.22. The normalized spacial score (nSPS) is 16.8. The molecular formula is C15H17FN4O. The number of hydrogen-bond acceptors (Lipinski definition) is 5. The molecule has 2 aromatic rings. The molecule has 0 radical (unpaired) electrons. The summed E-state index contributed by atoms with van der Waals surface area (Å²) in [4.78, 5) is 10.7. The first-order chi connectivity index (χ1) is 10.2. The average Bonchev–Trinajstić information content (AvgIpc) is 2.56. The van der Waals surface area contributed by atoms with Crippen LogP contribution in [-0.4, -0.2) is 41.3 Å². The van der Waals surface area contributed by atoms with E-state index in [1.807, 2.05) is 0 Å². The molecule has 6 heteroatoms. The first-order valence-electron chi connectivity index (χ1n) is 6.95. The van der Waals surface area contributed by atoms with Crippen molar-refractivity contribution in [2.45, 2.75) is 6.10 Å². The second-order valence-corrected chi connectivity index (χ2v) is 5.01. The van der Waals surface area contributed by atoms with Crippen molar-refractivity contribution in [2.24, 2.45) is 0 Å². The van der Waals surface area contributed by atoms with Crippen molar-refractivity contribution in [3.05, 3.63) is 53.6 Å². The Hall–Kier alpha value is -2.05. The molecule has 5 nitrogen and oxygen atoms in total. The lowest BCUT2D eigenvalue weighted by molar-refractivity contribution is 0.219. The molecule has 0 saturated carbocycles. The minimum Gasteiger partial charge on any atom is -0.384 e. The maximum absolute atomic E-state index is 12.9. The van der Waals surface area contributed by atoms with Crippen LogP contribution in [0, 0.1) is 5.82 Å². The fourth-order valence-corrected chi connectivity index (χ4v) is 2.34. The van der Waals surface area contributed by atoms with Crippen LogP contribution in [-0.2, 0) is 0 Å². The molecule has 1 atom stereocenters. The molecular weight excluding hydrogens is 271 g/mol. The smallest absolute Gasteiger partial charge is 0.225 e. The van der Waals surface area contributed by atoms with Crippen molar-refractivity contribution >= 4 is 5.95 Å². The van der Waals surface area contributed by atoms with Gasteiger partial charge in [0, 0.05) is 44.1 Å². The number of nitrogens with one attached hydrogen (secondary N) is 1. The molecule has 1 aliphatic rings. The first-order valence-corrected chi connectivity index (χ1v) is 6.95. The summed E-state index contributed by atoms with van der Waals surface area (Å²) in [6, 6.07) is 5.78. The molecule has 0 amide bonds. The molecule has 1 fully saturated rings. The van der Waals surface area contributed by atoms with Crippen molar-refractivity contribution in [3.8, 4) is 0 Å². The molecule has 110 valence electrons. The topological polar surface area (TPSA) is 61.3 Å². The molecule has 2 heterocycles. The van der Waals surface area contributed by atoms with E-state index in [4.69, 9.17) is 0 Å². The molecule has 3 rings (SSSR count). The fourth-order valence-electron chi connectivity index (χ4n) is 2.34. The Bertz CT molecular complexity index is 582. The molecule has 0 aliphatic carbocycles. The van der Waals surface area contributed by atoms with E-state index in [0.717, 1.165) is 26.2 Å². The van der Waals surface area contributed by atoms with Gasteiger partial charge in [0.25, 0.3) is 0 Å². The Labute approximate surface area is 122 Å². The van der Waals surface area contributed by atoms with E-state index in [1.165, 1.54) is 12.1 Å². The van der Waals surface area contributed by atoms with Crippen molar-refractivity contribution in [2.75, 3.05) is 31.1 Å². The summed E-state index contributed by atoms with van der Waals surface area (Å²) in [5, 5.41) is 13.5. The van der Waals surface area contributed by atoms with Gasteiger partial charge in [-0.2, -0.15) is 0 Å². The quantitative estimate of drug-likeness (QED) is 0.886. The zero-order valence-electron chi connectivity index (χ0n) is 11.5. The van der Waals surface area contributed by atoms with Crippen LogP contribution in [0.4, 0.5) is 10.3 Å². The van der Waals surface area contributed by atoms with Gasteiger partial charge < -0.3 is 15.3 Å². The summed E-state index contributed by atoms with van der Waals surface area (Å²) in [7, 11) is 0. The SMILES string of the molecule is OC(c1ccc(F)cc1)c1cnc(N2CCNCC2)nc1. The third kappa shape index (κ3) is 3.17. The third-order valence-corrected chi connectivity index (χ3v) is 3.56. The predicted molar refractivity (Wildman–Crippen MR) is 77.6 cm³/mol. The average molecular weight is 288 g/mol. The monoisotopic (exact) mass is 288 g/mol. The van der Waals surface area contributed by atoms with Gasteiger partial charge in [0.1, 0.15) is 11.9 Å². The number of aromatic nitrogens is 2. The van der Waals surface area contributed by atoms with Crippen LogP contribution in [0.2, 0.25) is 0 Å². The third-order valence-electron chi connectivity index (χ3n) is 3.56. The Morgan fingerprint density at radius 3 is 2.29 bits per heavy atom. The van der Waals surface area contributed by atoms with Crippen LogP contribution in [0.5, 0.6) is 0 Å². The zero-order valence-corrected chi connectivity index (χ0v) is 11.5. The van der Waals surface area contributed by atoms with Gasteiger partial charge in [0.05, 0.1) is 0 Å². The van der Waals surface area contributed by atoms with Crippen LogP contribution in [0.25, 0.3) is 0 Å². The zero-order chi connectivity index (χ0) is 14.7. The van der Waals surface area contributed by atoms with Crippen LogP contribution in [0.15, 0.2) is 36.7 Å². The Kier molecular flexibility index (Phi) is 4.08. The van der Waals surface area contributed by atoms with Crippen LogP contribution < -0.4 is 10.2 Å². The standard InChI is InChI=1S/C15H17FN4O/c16-13-3-1-11(2-4-13)14(21)12-9-18-15(19-10-12)20-7-5-17-6-8-20/h1-4,9-10,14,17,21H,5-8H2. The fraction of sp³-hybridized carbons (Fsp3) is 0.333. The molecule has 1 aromatic carbocycles. The van der Waals surface area contributed by atoms with Gasteiger partial charge in [-0.15, -0.1) is 0 Å². The highest BCUT2D eigenvalue weighted by atomic mass is 19.1. The van der Waals surface area contributed by atoms with Gasteiger partial charge in [-0.3, -0.25) is 0 Å². The molecule has 2 N–H and O–H groups in total. The number of hydrogen-bond donors (Lipinski definition) is 2. The number of rotatable bonds is 3. The van der Waals surface area contributed by atoms with Crippen molar-refractivity contribution in [1.82, 2.24) is 15.3 Å². The summed E-state index contributed by atoms with van der Waals surface area (Å²) < 4.78 is 12.9. The van der Waals surface area contributed by atoms with Crippen LogP contribution >= 0.6 is 0 Å². The van der Waals surface area contributed by atoms with E-state index in [-0.39, 0.29) is 5.82 Å². The summed E-state index contributed by atoms with van der Waals surface area (Å²) in [6.45, 7) is 3.59. The van der Waals surface area contributed by atoms with Gasteiger partial charge in [0.15, 0.2) is 0 Å². The largest absolute Gasteiger partial charge is 0.384 e. The lowest BCUT2D eigenvalue weighted by Gasteiger charge is -2.27. The maximum Gasteiger partial charge on any atom is 0.225 e. The van der Waals surface area contributed by atoms with Gasteiger partial charge in [0.2, 0.25) is 5.95 Å². The molecule has 0 bridgehead atoms. The van der Waals surface area contributed by atoms with Crippen LogP contribution in [0.3, 0.4) is 0 Å². The van der Waals surface area contributed by atoms with E-state index in [0.29, 0.717) is 17.1 Å². The number of piperazine rings is 1. The van der Waals surface area contributed by atoms with Crippen molar-refractivity contribution < 1.29 is 9.50 Å². The second kappa shape index (κ2) is 6.15. The van der Waals surface area contributed by atoms with Crippen LogP contribution in [0.1, 0.15) is 17.2 Å².